The van der Waals surface area contributed by atoms with E-state index in [4.69, 9.17) is 27.9 Å². The molecule has 1 rings (SSSR count). The Labute approximate surface area is 114 Å². The van der Waals surface area contributed by atoms with Crippen LogP contribution < -0.4 is 10.1 Å². The van der Waals surface area contributed by atoms with Gasteiger partial charge in [0.2, 0.25) is 0 Å². The first kappa shape index (κ1) is 14.8. The van der Waals surface area contributed by atoms with E-state index in [2.05, 4.69) is 5.32 Å². The lowest BCUT2D eigenvalue weighted by Gasteiger charge is -2.10. The minimum absolute atomic E-state index is 0.0200. The number of hydrogen-bond donors (Lipinski definition) is 1. The minimum Gasteiger partial charge on any atom is -0.488 e. The van der Waals surface area contributed by atoms with E-state index in [0.717, 1.165) is 0 Å². The molecule has 7 heteroatoms. The summed E-state index contributed by atoms with van der Waals surface area (Å²) in [5.41, 5.74) is 1.92. The number of halogens is 2. The quantitative estimate of drug-likeness (QED) is 0.646. The highest BCUT2D eigenvalue weighted by atomic mass is 35.5. The first-order valence-electron chi connectivity index (χ1n) is 5.08. The van der Waals surface area contributed by atoms with Crippen LogP contribution in [0.3, 0.4) is 0 Å². The molecule has 0 aliphatic carbocycles. The third-order valence-corrected chi connectivity index (χ3v) is 2.70. The number of rotatable bonds is 6. The highest BCUT2D eigenvalue weighted by molar-refractivity contribution is 6.36. The maximum atomic E-state index is 10.7. The normalized spacial score (nSPS) is 11.4. The fourth-order valence-electron chi connectivity index (χ4n) is 1.33. The van der Waals surface area contributed by atoms with Gasteiger partial charge in [0.05, 0.1) is 9.96 Å². The van der Waals surface area contributed by atoms with Crippen LogP contribution >= 0.6 is 23.2 Å². The molecule has 18 heavy (non-hydrogen) atoms. The van der Waals surface area contributed by atoms with Crippen molar-refractivity contribution < 1.29 is 9.66 Å². The van der Waals surface area contributed by atoms with Gasteiger partial charge < -0.3 is 10.1 Å². The SMILES string of the molecule is CNCc1cc([N+](=O)[O-])ccc1OCC(Cl)=CCl. The lowest BCUT2D eigenvalue weighted by Crippen LogP contribution is -2.08. The summed E-state index contributed by atoms with van der Waals surface area (Å²) in [7, 11) is 1.74. The second-order valence-corrected chi connectivity index (χ2v) is 4.13. The maximum Gasteiger partial charge on any atom is 0.270 e. The summed E-state index contributed by atoms with van der Waals surface area (Å²) in [6, 6.07) is 4.39. The average molecular weight is 291 g/mol. The van der Waals surface area contributed by atoms with Crippen molar-refractivity contribution in [3.05, 3.63) is 44.4 Å². The first-order chi connectivity index (χ1) is 8.58. The van der Waals surface area contributed by atoms with Crippen LogP contribution in [-0.4, -0.2) is 18.6 Å². The van der Waals surface area contributed by atoms with Gasteiger partial charge in [-0.2, -0.15) is 0 Å². The number of ether oxygens (including phenoxy) is 1. The van der Waals surface area contributed by atoms with Crippen LogP contribution in [0.2, 0.25) is 0 Å². The summed E-state index contributed by atoms with van der Waals surface area (Å²) in [5, 5.41) is 13.9. The van der Waals surface area contributed by atoms with Gasteiger partial charge in [0.15, 0.2) is 0 Å². The molecule has 0 aliphatic rings. The molecule has 0 saturated carbocycles. The summed E-state index contributed by atoms with van der Waals surface area (Å²) in [6.45, 7) is 0.582. The number of non-ortho nitro benzene ring substituents is 1. The lowest BCUT2D eigenvalue weighted by atomic mass is 10.2. The van der Waals surface area contributed by atoms with E-state index in [1.54, 1.807) is 13.1 Å². The fourth-order valence-corrected chi connectivity index (χ4v) is 1.44. The zero-order valence-corrected chi connectivity index (χ0v) is 11.2. The van der Waals surface area contributed by atoms with Crippen molar-refractivity contribution in [2.24, 2.45) is 0 Å². The van der Waals surface area contributed by atoms with Crippen molar-refractivity contribution in [1.29, 1.82) is 0 Å². The van der Waals surface area contributed by atoms with Gasteiger partial charge in [-0.05, 0) is 13.1 Å². The van der Waals surface area contributed by atoms with Crippen LogP contribution in [0, 0.1) is 10.1 Å². The number of nitrogens with zero attached hydrogens (tertiary/aromatic N) is 1. The summed E-state index contributed by atoms with van der Waals surface area (Å²) < 4.78 is 5.43. The third kappa shape index (κ3) is 4.18. The second-order valence-electron chi connectivity index (χ2n) is 3.42. The van der Waals surface area contributed by atoms with Gasteiger partial charge >= 0.3 is 0 Å². The highest BCUT2D eigenvalue weighted by Gasteiger charge is 2.11. The van der Waals surface area contributed by atoms with E-state index < -0.39 is 4.92 Å². The summed E-state index contributed by atoms with van der Waals surface area (Å²) in [6.07, 6.45) is 0. The highest BCUT2D eigenvalue weighted by Crippen LogP contribution is 2.24. The van der Waals surface area contributed by atoms with Crippen LogP contribution in [0.4, 0.5) is 5.69 Å². The van der Waals surface area contributed by atoms with Gasteiger partial charge in [-0.1, -0.05) is 23.2 Å². The van der Waals surface area contributed by atoms with Crippen molar-refractivity contribution >= 4 is 28.9 Å². The molecule has 0 saturated heterocycles. The molecule has 5 nitrogen and oxygen atoms in total. The topological polar surface area (TPSA) is 64.4 Å². The largest absolute Gasteiger partial charge is 0.488 e. The lowest BCUT2D eigenvalue weighted by molar-refractivity contribution is -0.384. The molecule has 98 valence electrons. The van der Waals surface area contributed by atoms with Crippen molar-refractivity contribution in [3.63, 3.8) is 0 Å². The van der Waals surface area contributed by atoms with E-state index in [0.29, 0.717) is 22.9 Å². The van der Waals surface area contributed by atoms with Crippen LogP contribution in [0.1, 0.15) is 5.56 Å². The number of nitrogens with one attached hydrogen (secondary N) is 1. The van der Waals surface area contributed by atoms with E-state index in [-0.39, 0.29) is 12.3 Å². The minimum atomic E-state index is -0.450. The Morgan fingerprint density at radius 2 is 2.33 bits per heavy atom. The van der Waals surface area contributed by atoms with Gasteiger partial charge in [0.25, 0.3) is 5.69 Å². The fraction of sp³-hybridized carbons (Fsp3) is 0.273. The Balaban J connectivity index is 2.92. The molecule has 0 aromatic heterocycles. The predicted molar refractivity (Wildman–Crippen MR) is 71.1 cm³/mol. The van der Waals surface area contributed by atoms with Crippen molar-refractivity contribution in [1.82, 2.24) is 5.32 Å². The zero-order valence-electron chi connectivity index (χ0n) is 9.65. The number of nitro benzene ring substituents is 1. The molecular formula is C11H12Cl2N2O3. The van der Waals surface area contributed by atoms with Gasteiger partial charge in [-0.3, -0.25) is 10.1 Å². The number of hydrogen-bond acceptors (Lipinski definition) is 4. The molecule has 1 aromatic carbocycles. The molecule has 1 N–H and O–H groups in total. The van der Waals surface area contributed by atoms with Crippen LogP contribution in [0.25, 0.3) is 0 Å². The average Bonchev–Trinajstić information content (AvgIpc) is 2.36. The van der Waals surface area contributed by atoms with Crippen LogP contribution in [-0.2, 0) is 6.54 Å². The summed E-state index contributed by atoms with van der Waals surface area (Å²) in [4.78, 5) is 10.2. The Morgan fingerprint density at radius 3 is 2.89 bits per heavy atom. The molecule has 0 aliphatic heterocycles. The van der Waals surface area contributed by atoms with Crippen molar-refractivity contribution in [2.45, 2.75) is 6.54 Å². The number of benzene rings is 1. The predicted octanol–water partition coefficient (Wildman–Crippen LogP) is 3.01. The molecule has 0 spiro atoms. The third-order valence-electron chi connectivity index (χ3n) is 2.11. The smallest absolute Gasteiger partial charge is 0.270 e. The maximum absolute atomic E-state index is 10.7. The van der Waals surface area contributed by atoms with E-state index in [1.165, 1.54) is 17.7 Å². The molecule has 1 aromatic rings. The van der Waals surface area contributed by atoms with Crippen molar-refractivity contribution in [3.8, 4) is 5.75 Å². The summed E-state index contributed by atoms with van der Waals surface area (Å²) in [5.74, 6) is 0.534. The first-order valence-corrected chi connectivity index (χ1v) is 5.89. The van der Waals surface area contributed by atoms with Crippen LogP contribution in [0.15, 0.2) is 28.8 Å². The van der Waals surface area contributed by atoms with E-state index in [1.807, 2.05) is 0 Å². The number of nitro groups is 1. The molecule has 0 unspecified atom stereocenters. The Bertz CT molecular complexity index is 464. The molecule has 0 fully saturated rings. The standard InChI is InChI=1S/C11H12Cl2N2O3/c1-14-6-8-4-10(15(16)17)2-3-11(8)18-7-9(13)5-12/h2-5,14H,6-7H2,1H3. The summed E-state index contributed by atoms with van der Waals surface area (Å²) >= 11 is 11.1. The van der Waals surface area contributed by atoms with E-state index >= 15 is 0 Å². The van der Waals surface area contributed by atoms with Crippen LogP contribution in [0.5, 0.6) is 5.75 Å². The molecular weight excluding hydrogens is 279 g/mol. The molecule has 0 atom stereocenters. The monoisotopic (exact) mass is 290 g/mol. The van der Waals surface area contributed by atoms with Gasteiger partial charge in [0.1, 0.15) is 12.4 Å². The van der Waals surface area contributed by atoms with Crippen molar-refractivity contribution in [2.75, 3.05) is 13.7 Å². The Hall–Kier alpha value is -1.30. The molecule has 0 bridgehead atoms. The van der Waals surface area contributed by atoms with E-state index in [9.17, 15) is 10.1 Å². The molecule has 0 heterocycles. The Kier molecular flexibility index (Phi) is 5.91. The zero-order chi connectivity index (χ0) is 13.5. The Morgan fingerprint density at radius 1 is 1.61 bits per heavy atom. The molecule has 0 radical (unpaired) electrons. The van der Waals surface area contributed by atoms with Gasteiger partial charge in [0, 0.05) is 29.8 Å². The second kappa shape index (κ2) is 7.20. The molecule has 0 amide bonds. The van der Waals surface area contributed by atoms with Gasteiger partial charge in [-0.25, -0.2) is 0 Å². The van der Waals surface area contributed by atoms with Gasteiger partial charge in [-0.15, -0.1) is 0 Å².